The highest BCUT2D eigenvalue weighted by Gasteiger charge is 2.50. The largest absolute Gasteiger partial charge is 0.416 e. The molecule has 43 heavy (non-hydrogen) atoms. The molecule has 0 heterocycles. The fraction of sp³-hybridized carbons (Fsp3) is 0.548. The van der Waals surface area contributed by atoms with Crippen LogP contribution in [0.2, 0.25) is 0 Å². The van der Waals surface area contributed by atoms with Crippen molar-refractivity contribution in [2.45, 2.75) is 107 Å². The summed E-state index contributed by atoms with van der Waals surface area (Å²) in [5.41, 5.74) is -2.85. The van der Waals surface area contributed by atoms with Gasteiger partial charge in [0.25, 0.3) is 15.9 Å². The minimum Gasteiger partial charge on any atom is -0.347 e. The highest BCUT2D eigenvalue weighted by molar-refractivity contribution is 7.92. The zero-order valence-corrected chi connectivity index (χ0v) is 27.1. The number of carbonyl (C=O) groups excluding carboxylic acids is 1. The van der Waals surface area contributed by atoms with E-state index >= 15 is 0 Å². The number of alkyl halides is 3. The van der Waals surface area contributed by atoms with Crippen LogP contribution < -0.4 is 15.3 Å². The molecule has 3 fully saturated rings. The van der Waals surface area contributed by atoms with Crippen LogP contribution in [0.5, 0.6) is 0 Å². The van der Waals surface area contributed by atoms with Crippen molar-refractivity contribution in [2.24, 2.45) is 5.41 Å². The van der Waals surface area contributed by atoms with Crippen LogP contribution in [-0.2, 0) is 20.8 Å². The quantitative estimate of drug-likeness (QED) is 0.320. The second-order valence-electron chi connectivity index (χ2n) is 13.9. The standard InChI is InChI=1S/C31H39F3N3O4PS/c1-27(2,3)42(39,28(4,5)6)22-8-10-23(11-9-22)43(40,41)37-25-19-21(31(32,33)34)7-12-24(25)26(38)36-30-16-13-29(20-35,14-17-30)15-18-30/h7-12,19,37H,13-18H2,1-6H3,(H,36,38). The van der Waals surface area contributed by atoms with Gasteiger partial charge < -0.3 is 9.88 Å². The Balaban J connectivity index is 1.67. The predicted octanol–water partition coefficient (Wildman–Crippen LogP) is 7.44. The van der Waals surface area contributed by atoms with Gasteiger partial charge in [-0.2, -0.15) is 18.4 Å². The molecule has 0 atom stereocenters. The second-order valence-corrected chi connectivity index (χ2v) is 20.0. The summed E-state index contributed by atoms with van der Waals surface area (Å²) in [7, 11) is -7.51. The second kappa shape index (κ2) is 10.7. The minimum absolute atomic E-state index is 0.241. The molecule has 2 bridgehead atoms. The topological polar surface area (TPSA) is 116 Å². The van der Waals surface area contributed by atoms with E-state index in [1.54, 1.807) is 0 Å². The molecule has 0 unspecified atom stereocenters. The van der Waals surface area contributed by atoms with Crippen molar-refractivity contribution in [2.75, 3.05) is 4.72 Å². The van der Waals surface area contributed by atoms with Gasteiger partial charge in [0.05, 0.1) is 33.2 Å². The van der Waals surface area contributed by atoms with Crippen LogP contribution in [0, 0.1) is 16.7 Å². The first-order valence-corrected chi connectivity index (χ1v) is 17.5. The first kappa shape index (κ1) is 33.1. The van der Waals surface area contributed by atoms with Crippen molar-refractivity contribution in [3.8, 4) is 6.07 Å². The summed E-state index contributed by atoms with van der Waals surface area (Å²) in [6.45, 7) is 11.2. The van der Waals surface area contributed by atoms with Gasteiger partial charge in [-0.1, -0.05) is 53.7 Å². The Morgan fingerprint density at radius 2 is 1.40 bits per heavy atom. The van der Waals surface area contributed by atoms with E-state index in [0.717, 1.165) is 12.1 Å². The summed E-state index contributed by atoms with van der Waals surface area (Å²) < 4.78 is 84.3. The van der Waals surface area contributed by atoms with Crippen LogP contribution in [-0.4, -0.2) is 30.2 Å². The fourth-order valence-electron chi connectivity index (χ4n) is 6.67. The number of carbonyl (C=O) groups is 1. The zero-order valence-electron chi connectivity index (χ0n) is 25.4. The Kier molecular flexibility index (Phi) is 8.20. The molecule has 12 heteroatoms. The number of anilines is 1. The van der Waals surface area contributed by atoms with Gasteiger partial charge in [-0.05, 0) is 68.9 Å². The first-order valence-electron chi connectivity index (χ1n) is 14.3. The van der Waals surface area contributed by atoms with Gasteiger partial charge in [-0.3, -0.25) is 9.52 Å². The number of benzene rings is 2. The Morgan fingerprint density at radius 1 is 0.884 bits per heavy atom. The highest BCUT2D eigenvalue weighted by atomic mass is 32.2. The van der Waals surface area contributed by atoms with E-state index < -0.39 is 61.8 Å². The summed E-state index contributed by atoms with van der Waals surface area (Å²) >= 11 is 0. The van der Waals surface area contributed by atoms with E-state index in [1.165, 1.54) is 24.3 Å². The lowest BCUT2D eigenvalue weighted by atomic mass is 9.58. The average molecular weight is 638 g/mol. The minimum atomic E-state index is -4.77. The van der Waals surface area contributed by atoms with Crippen molar-refractivity contribution >= 4 is 34.1 Å². The molecular weight excluding hydrogens is 598 g/mol. The molecule has 234 valence electrons. The van der Waals surface area contributed by atoms with Crippen LogP contribution >= 0.6 is 7.14 Å². The molecule has 2 N–H and O–H groups in total. The molecule has 0 aliphatic heterocycles. The van der Waals surface area contributed by atoms with Crippen LogP contribution in [0.15, 0.2) is 47.4 Å². The van der Waals surface area contributed by atoms with Crippen molar-refractivity contribution in [1.82, 2.24) is 5.32 Å². The van der Waals surface area contributed by atoms with Gasteiger partial charge in [0, 0.05) is 21.2 Å². The number of rotatable bonds is 6. The summed E-state index contributed by atoms with van der Waals surface area (Å²) in [5.74, 6) is -0.690. The highest BCUT2D eigenvalue weighted by Crippen LogP contribution is 2.65. The van der Waals surface area contributed by atoms with E-state index in [9.17, 15) is 36.2 Å². The van der Waals surface area contributed by atoms with Crippen LogP contribution in [0.4, 0.5) is 18.9 Å². The Hall–Kier alpha value is -2.83. The first-order chi connectivity index (χ1) is 19.6. The van der Waals surface area contributed by atoms with E-state index in [1.807, 2.05) is 41.5 Å². The van der Waals surface area contributed by atoms with E-state index in [-0.39, 0.29) is 10.5 Å². The molecule has 2 aromatic rings. The number of hydrogen-bond donors (Lipinski definition) is 2. The number of nitrogens with one attached hydrogen (secondary N) is 2. The third-order valence-corrected chi connectivity index (χ3v) is 15.3. The molecule has 0 saturated heterocycles. The van der Waals surface area contributed by atoms with Crippen molar-refractivity contribution < 1.29 is 30.9 Å². The summed E-state index contributed by atoms with van der Waals surface area (Å²) in [6.07, 6.45) is -1.24. The van der Waals surface area contributed by atoms with Gasteiger partial charge >= 0.3 is 6.18 Å². The third-order valence-electron chi connectivity index (χ3n) is 9.10. The molecule has 3 aliphatic rings. The van der Waals surface area contributed by atoms with Crippen molar-refractivity contribution in [3.63, 3.8) is 0 Å². The molecule has 7 nitrogen and oxygen atoms in total. The van der Waals surface area contributed by atoms with E-state index in [2.05, 4.69) is 16.1 Å². The Morgan fingerprint density at radius 3 is 1.84 bits per heavy atom. The third kappa shape index (κ3) is 6.10. The summed E-state index contributed by atoms with van der Waals surface area (Å²) in [5, 5.41) is 11.8. The molecular formula is C31H39F3N3O4PS. The van der Waals surface area contributed by atoms with Crippen molar-refractivity contribution in [3.05, 3.63) is 53.6 Å². The number of sulfonamides is 1. The van der Waals surface area contributed by atoms with Gasteiger partial charge in [0.1, 0.15) is 7.14 Å². The maximum absolute atomic E-state index is 14.3. The predicted molar refractivity (Wildman–Crippen MR) is 161 cm³/mol. The summed E-state index contributed by atoms with van der Waals surface area (Å²) in [4.78, 5) is 13.2. The number of fused-ring (bicyclic) bond motifs is 3. The van der Waals surface area contributed by atoms with Crippen LogP contribution in [0.3, 0.4) is 0 Å². The molecule has 0 spiro atoms. The number of amides is 1. The van der Waals surface area contributed by atoms with Gasteiger partial charge in [-0.25, -0.2) is 8.42 Å². The lowest BCUT2D eigenvalue weighted by molar-refractivity contribution is -0.137. The lowest BCUT2D eigenvalue weighted by Crippen LogP contribution is -2.56. The smallest absolute Gasteiger partial charge is 0.347 e. The Bertz CT molecular complexity index is 1570. The lowest BCUT2D eigenvalue weighted by Gasteiger charge is -2.50. The van der Waals surface area contributed by atoms with Crippen LogP contribution in [0.25, 0.3) is 0 Å². The number of hydrogen-bond acceptors (Lipinski definition) is 5. The maximum Gasteiger partial charge on any atom is 0.416 e. The molecule has 1 amide bonds. The molecule has 0 aromatic heterocycles. The summed E-state index contributed by atoms with van der Waals surface area (Å²) in [6, 6.07) is 10.3. The average Bonchev–Trinajstić information content (AvgIpc) is 2.91. The monoisotopic (exact) mass is 637 g/mol. The Labute approximate surface area is 252 Å². The maximum atomic E-state index is 14.3. The normalized spacial score (nSPS) is 23.0. The SMILES string of the molecule is CC(C)(C)P(=O)(c1ccc(S(=O)(=O)Nc2cc(C(F)(F)F)ccc2C(=O)NC23CCC(C#N)(CC2)CC3)cc1)C(C)(C)C. The number of halogens is 3. The number of nitrogens with zero attached hydrogens (tertiary/aromatic N) is 1. The molecule has 2 aromatic carbocycles. The fourth-order valence-corrected chi connectivity index (χ4v) is 11.9. The van der Waals surface area contributed by atoms with E-state index in [0.29, 0.717) is 49.9 Å². The molecule has 3 aliphatic carbocycles. The van der Waals surface area contributed by atoms with Gasteiger partial charge in [0.15, 0.2) is 0 Å². The molecule has 3 saturated carbocycles. The zero-order chi connectivity index (χ0) is 32.3. The molecule has 5 rings (SSSR count). The molecule has 0 radical (unpaired) electrons. The van der Waals surface area contributed by atoms with Gasteiger partial charge in [0.2, 0.25) is 0 Å². The van der Waals surface area contributed by atoms with Crippen LogP contribution in [0.1, 0.15) is 96.0 Å². The van der Waals surface area contributed by atoms with Gasteiger partial charge in [-0.15, -0.1) is 0 Å². The number of nitriles is 1. The van der Waals surface area contributed by atoms with E-state index in [4.69, 9.17) is 0 Å². The van der Waals surface area contributed by atoms with Crippen molar-refractivity contribution in [1.29, 1.82) is 5.26 Å².